The fourth-order valence-corrected chi connectivity index (χ4v) is 4.38. The predicted molar refractivity (Wildman–Crippen MR) is 151 cm³/mol. The Morgan fingerprint density at radius 3 is 2.56 bits per heavy atom. The number of carbonyl (C=O) groups excluding carboxylic acids is 1. The second-order valence-corrected chi connectivity index (χ2v) is 10.0. The number of anilines is 1. The first-order valence-corrected chi connectivity index (χ1v) is 13.3. The zero-order valence-electron chi connectivity index (χ0n) is 22.7. The summed E-state index contributed by atoms with van der Waals surface area (Å²) in [5, 5.41) is 2.89. The summed E-state index contributed by atoms with van der Waals surface area (Å²) in [7, 11) is 3.57. The summed E-state index contributed by atoms with van der Waals surface area (Å²) in [6.45, 7) is 3.97. The van der Waals surface area contributed by atoms with Gasteiger partial charge in [0.25, 0.3) is 5.91 Å². The van der Waals surface area contributed by atoms with Crippen molar-refractivity contribution in [2.75, 3.05) is 58.9 Å². The minimum absolute atomic E-state index is 0.0448. The molecule has 41 heavy (non-hydrogen) atoms. The molecular weight excluding hydrogens is 557 g/mol. The Hall–Kier alpha value is -3.62. The number of hydrogen-bond acceptors (Lipinski definition) is 6. The van der Waals surface area contributed by atoms with Gasteiger partial charge in [-0.05, 0) is 49.0 Å². The average Bonchev–Trinajstić information content (AvgIpc) is 2.94. The molecule has 3 aromatic rings. The molecule has 7 nitrogen and oxygen atoms in total. The first-order chi connectivity index (χ1) is 19.6. The van der Waals surface area contributed by atoms with Gasteiger partial charge in [-0.1, -0.05) is 29.5 Å². The van der Waals surface area contributed by atoms with Crippen molar-refractivity contribution in [1.29, 1.82) is 0 Å². The Morgan fingerprint density at radius 1 is 1.05 bits per heavy atom. The highest BCUT2D eigenvalue weighted by Gasteiger charge is 2.34. The number of benzene rings is 2. The topological polar surface area (TPSA) is 66.9 Å². The van der Waals surface area contributed by atoms with Crippen molar-refractivity contribution in [3.8, 4) is 17.6 Å². The maximum atomic E-state index is 13.9. The molecule has 0 atom stereocenters. The van der Waals surface area contributed by atoms with Crippen LogP contribution in [0, 0.1) is 11.8 Å². The monoisotopic (exact) mass is 586 g/mol. The van der Waals surface area contributed by atoms with E-state index in [1.165, 1.54) is 30.3 Å². The summed E-state index contributed by atoms with van der Waals surface area (Å²) >= 11 is 6.30. The van der Waals surface area contributed by atoms with E-state index in [2.05, 4.69) is 27.0 Å². The number of amides is 1. The van der Waals surface area contributed by atoms with Gasteiger partial charge in [0, 0.05) is 68.4 Å². The molecule has 216 valence electrons. The Labute approximate surface area is 242 Å². The minimum atomic E-state index is -4.56. The number of aromatic nitrogens is 1. The fraction of sp³-hybridized carbons (Fsp3) is 0.333. The quantitative estimate of drug-likeness (QED) is 0.290. The van der Waals surface area contributed by atoms with Crippen molar-refractivity contribution in [1.82, 2.24) is 14.8 Å². The number of pyridine rings is 1. The fourth-order valence-electron chi connectivity index (χ4n) is 4.22. The summed E-state index contributed by atoms with van der Waals surface area (Å²) in [5.74, 6) is 5.81. The van der Waals surface area contributed by atoms with Crippen LogP contribution in [0.25, 0.3) is 0 Å². The third-order valence-electron chi connectivity index (χ3n) is 6.50. The third kappa shape index (κ3) is 8.68. The van der Waals surface area contributed by atoms with Crippen LogP contribution in [-0.4, -0.2) is 74.2 Å². The van der Waals surface area contributed by atoms with Gasteiger partial charge in [0.2, 0.25) is 0 Å². The van der Waals surface area contributed by atoms with Gasteiger partial charge in [0.1, 0.15) is 12.4 Å². The summed E-state index contributed by atoms with van der Waals surface area (Å²) in [5.41, 5.74) is 0.600. The zero-order chi connectivity index (χ0) is 29.4. The maximum Gasteiger partial charge on any atom is 0.416 e. The van der Waals surface area contributed by atoms with Crippen LogP contribution in [0.1, 0.15) is 32.6 Å². The highest BCUT2D eigenvalue weighted by Crippen LogP contribution is 2.35. The van der Waals surface area contributed by atoms with E-state index < -0.39 is 17.6 Å². The van der Waals surface area contributed by atoms with Crippen molar-refractivity contribution in [3.05, 3.63) is 87.7 Å². The van der Waals surface area contributed by atoms with Crippen LogP contribution in [0.15, 0.2) is 54.9 Å². The van der Waals surface area contributed by atoms with E-state index in [1.54, 1.807) is 25.6 Å². The molecule has 4 rings (SSSR count). The van der Waals surface area contributed by atoms with Crippen molar-refractivity contribution in [2.45, 2.75) is 12.7 Å². The molecule has 2 aromatic carbocycles. The van der Waals surface area contributed by atoms with Gasteiger partial charge >= 0.3 is 6.18 Å². The van der Waals surface area contributed by atoms with Crippen molar-refractivity contribution < 1.29 is 27.4 Å². The number of nitrogens with one attached hydrogen (secondary N) is 1. The lowest BCUT2D eigenvalue weighted by Gasteiger charge is -2.33. The molecule has 2 heterocycles. The largest absolute Gasteiger partial charge is 0.490 e. The number of halogens is 4. The molecule has 0 unspecified atom stereocenters. The van der Waals surface area contributed by atoms with Crippen LogP contribution in [0.2, 0.25) is 5.02 Å². The number of likely N-dealkylation sites (N-methyl/N-ethyl adjacent to an activating group) is 1. The van der Waals surface area contributed by atoms with Gasteiger partial charge in [-0.3, -0.25) is 14.7 Å². The van der Waals surface area contributed by atoms with Crippen LogP contribution in [0.3, 0.4) is 0 Å². The first kappa shape index (κ1) is 30.3. The van der Waals surface area contributed by atoms with Crippen LogP contribution >= 0.6 is 11.6 Å². The second-order valence-electron chi connectivity index (χ2n) is 9.60. The van der Waals surface area contributed by atoms with Crippen LogP contribution in [0.4, 0.5) is 18.9 Å². The molecule has 1 amide bonds. The minimum Gasteiger partial charge on any atom is -0.490 e. The molecule has 1 aromatic heterocycles. The normalized spacial score (nSPS) is 14.3. The Kier molecular flexibility index (Phi) is 10.2. The predicted octanol–water partition coefficient (Wildman–Crippen LogP) is 5.18. The summed E-state index contributed by atoms with van der Waals surface area (Å²) < 4.78 is 52.3. The Morgan fingerprint density at radius 2 is 1.83 bits per heavy atom. The van der Waals surface area contributed by atoms with E-state index in [-0.39, 0.29) is 23.4 Å². The summed E-state index contributed by atoms with van der Waals surface area (Å²) in [4.78, 5) is 21.2. The number of carbonyl (C=O) groups is 1. The molecule has 0 radical (unpaired) electrons. The molecule has 11 heteroatoms. The number of alkyl halides is 3. The van der Waals surface area contributed by atoms with Gasteiger partial charge in [-0.25, -0.2) is 0 Å². The smallest absolute Gasteiger partial charge is 0.416 e. The van der Waals surface area contributed by atoms with Crippen molar-refractivity contribution in [3.63, 3.8) is 0 Å². The number of hydrogen-bond donors (Lipinski definition) is 1. The molecule has 0 spiro atoms. The summed E-state index contributed by atoms with van der Waals surface area (Å²) in [6, 6.07) is 10.1. The molecule has 1 aliphatic heterocycles. The molecular formula is C30H30ClF3N4O3. The number of piperazine rings is 1. The Balaban J connectivity index is 1.49. The van der Waals surface area contributed by atoms with Crippen molar-refractivity contribution >= 4 is 23.2 Å². The Bertz CT molecular complexity index is 1430. The lowest BCUT2D eigenvalue weighted by atomic mass is 10.0. The molecule has 0 aliphatic carbocycles. The zero-order valence-corrected chi connectivity index (χ0v) is 23.5. The van der Waals surface area contributed by atoms with E-state index in [9.17, 15) is 18.0 Å². The van der Waals surface area contributed by atoms with Gasteiger partial charge in [0.15, 0.2) is 0 Å². The summed E-state index contributed by atoms with van der Waals surface area (Å²) in [6.07, 6.45) is -1.44. The van der Waals surface area contributed by atoms with E-state index in [0.29, 0.717) is 48.2 Å². The second kappa shape index (κ2) is 13.8. The van der Waals surface area contributed by atoms with Crippen LogP contribution < -0.4 is 10.1 Å². The van der Waals surface area contributed by atoms with E-state index in [1.807, 2.05) is 11.9 Å². The molecule has 1 N–H and O–H groups in total. The molecule has 0 bridgehead atoms. The van der Waals surface area contributed by atoms with Crippen LogP contribution in [0.5, 0.6) is 5.75 Å². The van der Waals surface area contributed by atoms with Crippen LogP contribution in [-0.2, 0) is 17.5 Å². The third-order valence-corrected chi connectivity index (χ3v) is 6.83. The lowest BCUT2D eigenvalue weighted by molar-refractivity contribution is -0.138. The SMILES string of the molecule is COCCOc1cncc(C#Cc2cc(C(=O)Nc3ccc(CN4CCN(C)CC4)c(C(F)(F)F)c3)ccc2Cl)c1. The van der Waals surface area contributed by atoms with Gasteiger partial charge in [-0.15, -0.1) is 0 Å². The molecule has 1 saturated heterocycles. The maximum absolute atomic E-state index is 13.9. The van der Waals surface area contributed by atoms with E-state index in [4.69, 9.17) is 21.1 Å². The first-order valence-electron chi connectivity index (χ1n) is 12.9. The van der Waals surface area contributed by atoms with E-state index in [0.717, 1.165) is 19.2 Å². The number of methoxy groups -OCH3 is 1. The lowest BCUT2D eigenvalue weighted by Crippen LogP contribution is -2.44. The molecule has 1 fully saturated rings. The van der Waals surface area contributed by atoms with Gasteiger partial charge in [-0.2, -0.15) is 13.2 Å². The highest BCUT2D eigenvalue weighted by atomic mass is 35.5. The standard InChI is InChI=1S/C30H30ClF3N4O3/c1-37-9-11-38(12-10-37)20-24-5-7-25(17-27(24)30(32,33)34)36-29(39)23-6-8-28(31)22(16-23)4-3-21-15-26(19-35-18-21)41-14-13-40-2/h5-8,15-19H,9-14,20H2,1-2H3,(H,36,39). The number of ether oxygens (including phenoxy) is 2. The molecule has 1 aliphatic rings. The number of nitrogens with zero attached hydrogens (tertiary/aromatic N) is 3. The molecule has 0 saturated carbocycles. The van der Waals surface area contributed by atoms with Gasteiger partial charge < -0.3 is 19.7 Å². The van der Waals surface area contributed by atoms with Gasteiger partial charge in [0.05, 0.1) is 23.4 Å². The van der Waals surface area contributed by atoms with E-state index >= 15 is 0 Å². The highest BCUT2D eigenvalue weighted by molar-refractivity contribution is 6.32. The average molecular weight is 587 g/mol. The van der Waals surface area contributed by atoms with Crippen molar-refractivity contribution in [2.24, 2.45) is 0 Å². The number of rotatable bonds is 8.